The molecule has 0 spiro atoms. The third kappa shape index (κ3) is 3.47. The van der Waals surface area contributed by atoms with Gasteiger partial charge in [0.2, 0.25) is 11.8 Å². The second-order valence-electron chi connectivity index (χ2n) is 6.91. The van der Waals surface area contributed by atoms with E-state index in [-0.39, 0.29) is 30.3 Å². The predicted molar refractivity (Wildman–Crippen MR) is 91.9 cm³/mol. The number of nitrogens with one attached hydrogen (secondary N) is 2. The van der Waals surface area contributed by atoms with Gasteiger partial charge >= 0.3 is 0 Å². The van der Waals surface area contributed by atoms with Crippen LogP contribution in [0.2, 0.25) is 0 Å². The van der Waals surface area contributed by atoms with Crippen molar-refractivity contribution in [2.24, 2.45) is 5.92 Å². The Morgan fingerprint density at radius 1 is 1.42 bits per heavy atom. The molecule has 0 bridgehead atoms. The molecule has 0 saturated carbocycles. The summed E-state index contributed by atoms with van der Waals surface area (Å²) >= 11 is 0. The van der Waals surface area contributed by atoms with Gasteiger partial charge in [-0.25, -0.2) is 4.68 Å². The van der Waals surface area contributed by atoms with Crippen molar-refractivity contribution in [3.8, 4) is 0 Å². The molecule has 3 rings (SSSR count). The molecule has 2 N–H and O–H groups in total. The molecule has 2 aromatic rings. The van der Waals surface area contributed by atoms with Crippen LogP contribution in [0.15, 0.2) is 4.52 Å². The predicted octanol–water partition coefficient (Wildman–Crippen LogP) is 0.959. The number of hydrogen-bond acceptors (Lipinski definition) is 6. The van der Waals surface area contributed by atoms with Gasteiger partial charge in [0, 0.05) is 12.0 Å². The van der Waals surface area contributed by atoms with E-state index in [0.717, 1.165) is 22.7 Å². The summed E-state index contributed by atoms with van der Waals surface area (Å²) < 4.78 is 6.78. The molecule has 1 aliphatic rings. The van der Waals surface area contributed by atoms with Crippen LogP contribution in [0, 0.1) is 19.8 Å². The molecule has 1 unspecified atom stereocenters. The van der Waals surface area contributed by atoms with E-state index < -0.39 is 0 Å². The number of aromatic nitrogens is 4. The lowest BCUT2D eigenvalue weighted by atomic mass is 10.0. The van der Waals surface area contributed by atoms with Crippen LogP contribution in [0.5, 0.6) is 0 Å². The van der Waals surface area contributed by atoms with Gasteiger partial charge in [0.1, 0.15) is 17.5 Å². The SMILES string of the molecule is Cc1noc(C)c1CCC(=O)NCc1nnn2c1CNC(=O)C2C(C)C. The molecule has 3 heterocycles. The molecule has 2 aromatic heterocycles. The minimum absolute atomic E-state index is 0.0487. The standard InChI is InChI=1S/C17H24N6O3/c1-9(2)16-17(25)19-8-14-13(20-22-23(14)16)7-18-15(24)6-5-12-10(3)21-26-11(12)4/h9,16H,5-8H2,1-4H3,(H,18,24)(H,19,25). The molecule has 140 valence electrons. The zero-order chi connectivity index (χ0) is 18.8. The van der Waals surface area contributed by atoms with E-state index >= 15 is 0 Å². The summed E-state index contributed by atoms with van der Waals surface area (Å²) in [7, 11) is 0. The highest BCUT2D eigenvalue weighted by Crippen LogP contribution is 2.24. The minimum Gasteiger partial charge on any atom is -0.361 e. The molecule has 1 aliphatic heterocycles. The van der Waals surface area contributed by atoms with Crippen molar-refractivity contribution in [3.63, 3.8) is 0 Å². The van der Waals surface area contributed by atoms with Gasteiger partial charge in [-0.3, -0.25) is 9.59 Å². The van der Waals surface area contributed by atoms with Crippen molar-refractivity contribution >= 4 is 11.8 Å². The van der Waals surface area contributed by atoms with Gasteiger partial charge in [0.05, 0.1) is 24.5 Å². The maximum absolute atomic E-state index is 12.2. The number of nitrogens with zero attached hydrogens (tertiary/aromatic N) is 4. The van der Waals surface area contributed by atoms with Crippen LogP contribution in [-0.2, 0) is 29.1 Å². The number of fused-ring (bicyclic) bond motifs is 1. The number of hydrogen-bond donors (Lipinski definition) is 2. The lowest BCUT2D eigenvalue weighted by Gasteiger charge is -2.26. The average molecular weight is 360 g/mol. The zero-order valence-electron chi connectivity index (χ0n) is 15.5. The Labute approximate surface area is 151 Å². The Bertz CT molecular complexity index is 803. The Morgan fingerprint density at radius 3 is 2.85 bits per heavy atom. The Kier molecular flexibility index (Phi) is 5.06. The fourth-order valence-corrected chi connectivity index (χ4v) is 3.23. The average Bonchev–Trinajstić information content (AvgIpc) is 3.14. The molecule has 26 heavy (non-hydrogen) atoms. The summed E-state index contributed by atoms with van der Waals surface area (Å²) in [4.78, 5) is 24.2. The number of amides is 2. The van der Waals surface area contributed by atoms with E-state index in [9.17, 15) is 9.59 Å². The first-order valence-corrected chi connectivity index (χ1v) is 8.77. The van der Waals surface area contributed by atoms with E-state index in [1.165, 1.54) is 0 Å². The maximum Gasteiger partial charge on any atom is 0.245 e. The van der Waals surface area contributed by atoms with E-state index in [4.69, 9.17) is 4.52 Å². The minimum atomic E-state index is -0.366. The smallest absolute Gasteiger partial charge is 0.245 e. The second kappa shape index (κ2) is 7.27. The van der Waals surface area contributed by atoms with Gasteiger partial charge in [-0.05, 0) is 26.2 Å². The number of aryl methyl sites for hydroxylation is 2. The van der Waals surface area contributed by atoms with E-state index in [1.807, 2.05) is 27.7 Å². The summed E-state index contributed by atoms with van der Waals surface area (Å²) in [5.41, 5.74) is 3.32. The largest absolute Gasteiger partial charge is 0.361 e. The summed E-state index contributed by atoms with van der Waals surface area (Å²) in [6.07, 6.45) is 0.926. The van der Waals surface area contributed by atoms with Crippen LogP contribution in [0.1, 0.15) is 54.7 Å². The molecule has 0 fully saturated rings. The van der Waals surface area contributed by atoms with Crippen LogP contribution in [0.4, 0.5) is 0 Å². The first-order valence-electron chi connectivity index (χ1n) is 8.77. The highest BCUT2D eigenvalue weighted by atomic mass is 16.5. The molecule has 0 aliphatic carbocycles. The molecule has 9 nitrogen and oxygen atoms in total. The Morgan fingerprint density at radius 2 is 2.19 bits per heavy atom. The van der Waals surface area contributed by atoms with Crippen molar-refractivity contribution in [1.82, 2.24) is 30.8 Å². The molecule has 1 atom stereocenters. The van der Waals surface area contributed by atoms with Crippen LogP contribution < -0.4 is 10.6 Å². The Balaban J connectivity index is 1.60. The third-order valence-electron chi connectivity index (χ3n) is 4.70. The maximum atomic E-state index is 12.2. The lowest BCUT2D eigenvalue weighted by Crippen LogP contribution is -2.42. The van der Waals surface area contributed by atoms with Crippen LogP contribution in [0.25, 0.3) is 0 Å². The number of carbonyl (C=O) groups excluding carboxylic acids is 2. The van der Waals surface area contributed by atoms with E-state index in [2.05, 4.69) is 26.1 Å². The highest BCUT2D eigenvalue weighted by Gasteiger charge is 2.32. The van der Waals surface area contributed by atoms with Crippen molar-refractivity contribution in [3.05, 3.63) is 28.4 Å². The van der Waals surface area contributed by atoms with Crippen LogP contribution in [-0.4, -0.2) is 32.0 Å². The summed E-state index contributed by atoms with van der Waals surface area (Å²) in [6.45, 7) is 8.31. The van der Waals surface area contributed by atoms with Crippen LogP contribution >= 0.6 is 0 Å². The van der Waals surface area contributed by atoms with Crippen LogP contribution in [0.3, 0.4) is 0 Å². The highest BCUT2D eigenvalue weighted by molar-refractivity contribution is 5.81. The fraction of sp³-hybridized carbons (Fsp3) is 0.588. The van der Waals surface area contributed by atoms with Crippen molar-refractivity contribution in [1.29, 1.82) is 0 Å². The fourth-order valence-electron chi connectivity index (χ4n) is 3.23. The first kappa shape index (κ1) is 18.1. The number of rotatable bonds is 6. The van der Waals surface area contributed by atoms with Crippen molar-refractivity contribution < 1.29 is 14.1 Å². The molecular formula is C17H24N6O3. The Hall–Kier alpha value is -2.71. The van der Waals surface area contributed by atoms with E-state index in [0.29, 0.717) is 25.1 Å². The molecule has 2 amide bonds. The molecule has 0 radical (unpaired) electrons. The second-order valence-corrected chi connectivity index (χ2v) is 6.91. The van der Waals surface area contributed by atoms with Gasteiger partial charge in [0.15, 0.2) is 0 Å². The topological polar surface area (TPSA) is 115 Å². The van der Waals surface area contributed by atoms with E-state index in [1.54, 1.807) is 4.68 Å². The van der Waals surface area contributed by atoms with Crippen molar-refractivity contribution in [2.75, 3.05) is 0 Å². The van der Waals surface area contributed by atoms with Gasteiger partial charge in [0.25, 0.3) is 0 Å². The molecule has 0 saturated heterocycles. The quantitative estimate of drug-likeness (QED) is 0.793. The summed E-state index contributed by atoms with van der Waals surface area (Å²) in [5.74, 6) is 0.728. The third-order valence-corrected chi connectivity index (χ3v) is 4.70. The monoisotopic (exact) mass is 360 g/mol. The van der Waals surface area contributed by atoms with Gasteiger partial charge < -0.3 is 15.2 Å². The van der Waals surface area contributed by atoms with Crippen molar-refractivity contribution in [2.45, 2.75) is 59.7 Å². The summed E-state index contributed by atoms with van der Waals surface area (Å²) in [5, 5.41) is 17.9. The summed E-state index contributed by atoms with van der Waals surface area (Å²) in [6, 6.07) is -0.366. The first-order chi connectivity index (χ1) is 12.4. The zero-order valence-corrected chi connectivity index (χ0v) is 15.5. The van der Waals surface area contributed by atoms with Gasteiger partial charge in [-0.1, -0.05) is 24.2 Å². The normalized spacial score (nSPS) is 16.5. The molecule has 0 aromatic carbocycles. The lowest BCUT2D eigenvalue weighted by molar-refractivity contribution is -0.127. The van der Waals surface area contributed by atoms with Gasteiger partial charge in [-0.2, -0.15) is 0 Å². The number of carbonyl (C=O) groups is 2. The molecule has 9 heteroatoms. The van der Waals surface area contributed by atoms with Gasteiger partial charge in [-0.15, -0.1) is 5.10 Å². The molecular weight excluding hydrogens is 336 g/mol.